The lowest BCUT2D eigenvalue weighted by Crippen LogP contribution is -1.96. The molecule has 0 aliphatic heterocycles. The van der Waals surface area contributed by atoms with Crippen molar-refractivity contribution in [2.24, 2.45) is 0 Å². The molecule has 24 rings (SSSR count). The fourth-order valence-electron chi connectivity index (χ4n) is 17.0. The van der Waals surface area contributed by atoms with E-state index in [1.165, 1.54) is 0 Å². The van der Waals surface area contributed by atoms with Gasteiger partial charge in [0.1, 0.15) is 22.3 Å². The summed E-state index contributed by atoms with van der Waals surface area (Å²) in [5, 5.41) is 7.51. The average Bonchev–Trinajstić information content (AvgIpc) is 1.51. The average molecular weight is 1590 g/mol. The Hall–Kier alpha value is -17.0. The van der Waals surface area contributed by atoms with E-state index in [0.29, 0.717) is 46.2 Å². The molecule has 0 atom stereocenters. The third-order valence-electron chi connectivity index (χ3n) is 23.2. The lowest BCUT2D eigenvalue weighted by Gasteiger charge is -2.11. The van der Waals surface area contributed by atoms with Gasteiger partial charge in [-0.25, -0.2) is 19.9 Å². The van der Waals surface area contributed by atoms with Crippen LogP contribution in [-0.4, -0.2) is 39.9 Å². The molecular weight excluding hydrogens is 1520 g/mol. The monoisotopic (exact) mass is 1590 g/mol. The predicted molar refractivity (Wildman–Crippen MR) is 500 cm³/mol. The van der Waals surface area contributed by atoms with Crippen molar-refractivity contribution in [3.05, 3.63) is 413 Å². The van der Waals surface area contributed by atoms with Crippen molar-refractivity contribution in [2.75, 3.05) is 0 Å². The Bertz CT molecular complexity index is 7980. The van der Waals surface area contributed by atoms with Crippen LogP contribution in [0.25, 0.3) is 246 Å². The molecule has 8 heterocycles. The zero-order valence-electron chi connectivity index (χ0n) is 66.5. The zero-order chi connectivity index (χ0) is 82.0. The molecule has 0 saturated carbocycles. The largest absolute Gasteiger partial charge is 0.438 e. The summed E-state index contributed by atoms with van der Waals surface area (Å²) >= 11 is 0. The number of aromatic nitrogens is 8. The Kier molecular flexibility index (Phi) is 17.9. The summed E-state index contributed by atoms with van der Waals surface area (Å²) in [5.41, 5.74) is 29.5. The standard InChI is InChI=1S/C62H38N4O2.C50H30N4O2/c1-3-13-39(14-4-1)41-27-33-45(34-28-41)59-63-57(55-51-21-7-9-23-53(51)67-61(55)65-59)44-31-25-43(26-32-44)47-17-11-18-48(37-47)49-19-12-20-50(38-49)58-56-52-22-8-10-24-54(52)68-62(56)66-60(64-58)46-35-29-42(30-36-46)40-15-5-2-6-16-40;1-3-13-31(14-4-1)35-17-11-19-37(29-35)45-43-39-21-7-9-23-41(39)55-49(43)53-47(51-45)33-25-27-34(28-26-33)48-52-46(44-40-22-8-10-24-42(40)56-50(44)54-48)38-20-12-18-36(30-38)32-15-5-2-6-16-32/h1-38H;1-30H. The van der Waals surface area contributed by atoms with Crippen LogP contribution in [0.5, 0.6) is 0 Å². The number of nitrogens with zero attached hydrogens (tertiary/aromatic N) is 8. The van der Waals surface area contributed by atoms with E-state index in [1.54, 1.807) is 0 Å². The summed E-state index contributed by atoms with van der Waals surface area (Å²) in [4.78, 5) is 40.9. The number of fused-ring (bicyclic) bond motifs is 12. The molecule has 0 fully saturated rings. The van der Waals surface area contributed by atoms with Crippen LogP contribution in [0, 0.1) is 0 Å². The maximum Gasteiger partial charge on any atom is 0.231 e. The van der Waals surface area contributed by atoms with Gasteiger partial charge in [0.25, 0.3) is 0 Å². The third kappa shape index (κ3) is 13.4. The van der Waals surface area contributed by atoms with Gasteiger partial charge in [-0.1, -0.05) is 364 Å². The number of para-hydroxylation sites is 4. The van der Waals surface area contributed by atoms with Gasteiger partial charge in [-0.3, -0.25) is 0 Å². The highest BCUT2D eigenvalue weighted by atomic mass is 16.4. The molecule has 0 radical (unpaired) electrons. The Morgan fingerprint density at radius 3 is 0.581 bits per heavy atom. The minimum absolute atomic E-state index is 0.543. The predicted octanol–water partition coefficient (Wildman–Crippen LogP) is 29.5. The van der Waals surface area contributed by atoms with Gasteiger partial charge in [0.05, 0.1) is 44.3 Å². The summed E-state index contributed by atoms with van der Waals surface area (Å²) in [5.74, 6) is 2.35. The Morgan fingerprint density at radius 2 is 0.306 bits per heavy atom. The Balaban J connectivity index is 0.000000146. The van der Waals surface area contributed by atoms with Gasteiger partial charge in [-0.15, -0.1) is 0 Å². The first-order chi connectivity index (χ1) is 61.4. The maximum atomic E-state index is 6.40. The van der Waals surface area contributed by atoms with E-state index in [4.69, 9.17) is 57.5 Å². The highest BCUT2D eigenvalue weighted by Gasteiger charge is 2.25. The Labute approximate surface area is 711 Å². The lowest BCUT2D eigenvalue weighted by molar-refractivity contribution is 0.653. The van der Waals surface area contributed by atoms with Gasteiger partial charge in [0, 0.05) is 66.1 Å². The molecule has 24 aromatic rings. The molecular formula is C112H68N8O4. The molecule has 0 aliphatic carbocycles. The molecule has 0 N–H and O–H groups in total. The first-order valence-electron chi connectivity index (χ1n) is 41.2. The van der Waals surface area contributed by atoms with Gasteiger partial charge >= 0.3 is 0 Å². The molecule has 0 bridgehead atoms. The second-order valence-electron chi connectivity index (χ2n) is 30.8. The van der Waals surface area contributed by atoms with E-state index in [1.807, 2.05) is 121 Å². The van der Waals surface area contributed by atoms with Crippen molar-refractivity contribution in [3.63, 3.8) is 0 Å². The van der Waals surface area contributed by atoms with Gasteiger partial charge in [-0.2, -0.15) is 19.9 Å². The van der Waals surface area contributed by atoms with Crippen molar-refractivity contribution in [3.8, 4) is 157 Å². The van der Waals surface area contributed by atoms with Crippen molar-refractivity contribution < 1.29 is 17.7 Å². The molecule has 12 nitrogen and oxygen atoms in total. The summed E-state index contributed by atoms with van der Waals surface area (Å²) in [6, 6.07) is 142. The van der Waals surface area contributed by atoms with Crippen molar-refractivity contribution >= 4 is 88.3 Å². The highest BCUT2D eigenvalue weighted by molar-refractivity contribution is 6.14. The zero-order valence-corrected chi connectivity index (χ0v) is 66.5. The minimum atomic E-state index is 0.543. The number of benzene rings is 16. The van der Waals surface area contributed by atoms with Crippen LogP contribution < -0.4 is 0 Å². The summed E-state index contributed by atoms with van der Waals surface area (Å²) < 4.78 is 25.5. The summed E-state index contributed by atoms with van der Waals surface area (Å²) in [6.07, 6.45) is 0. The van der Waals surface area contributed by atoms with Crippen molar-refractivity contribution in [1.82, 2.24) is 39.9 Å². The minimum Gasteiger partial charge on any atom is -0.438 e. The topological polar surface area (TPSA) is 156 Å². The van der Waals surface area contributed by atoms with E-state index in [0.717, 1.165) is 199 Å². The molecule has 0 amide bonds. The highest BCUT2D eigenvalue weighted by Crippen LogP contribution is 2.45. The molecule has 124 heavy (non-hydrogen) atoms. The SMILES string of the molecule is c1ccc(-c2ccc(-c3nc(-c4ccc(-c5cccc(-c6cccc(-c7nc(-c8ccc(-c9ccccc9)cc8)nc8oc9ccccc9c78)c6)c5)cc4)c4c(n3)oc3ccccc34)cc2)cc1.c1ccc(-c2cccc(-c3nc(-c4ccc(-c5nc(-c6cccc(-c7ccccc7)c6)c6c(n5)oc5ccccc56)cc4)nc4oc5ccccc5c34)c2)cc1. The first kappa shape index (κ1) is 72.3. The van der Waals surface area contributed by atoms with Crippen LogP contribution in [-0.2, 0) is 0 Å². The number of hydrogen-bond acceptors (Lipinski definition) is 12. The fourth-order valence-corrected chi connectivity index (χ4v) is 17.0. The summed E-state index contributed by atoms with van der Waals surface area (Å²) in [6.45, 7) is 0. The van der Waals surface area contributed by atoms with E-state index < -0.39 is 0 Å². The molecule has 0 aliphatic rings. The molecule has 12 heteroatoms. The number of furan rings is 4. The Morgan fingerprint density at radius 1 is 0.129 bits per heavy atom. The van der Waals surface area contributed by atoms with Crippen LogP contribution in [0.3, 0.4) is 0 Å². The van der Waals surface area contributed by atoms with E-state index >= 15 is 0 Å². The molecule has 8 aromatic heterocycles. The molecule has 16 aromatic carbocycles. The van der Waals surface area contributed by atoms with Crippen LogP contribution >= 0.6 is 0 Å². The van der Waals surface area contributed by atoms with Crippen LogP contribution in [0.1, 0.15) is 0 Å². The fraction of sp³-hybridized carbons (Fsp3) is 0. The van der Waals surface area contributed by atoms with Gasteiger partial charge in [0.2, 0.25) is 22.9 Å². The molecule has 0 saturated heterocycles. The van der Waals surface area contributed by atoms with Crippen molar-refractivity contribution in [1.29, 1.82) is 0 Å². The third-order valence-corrected chi connectivity index (χ3v) is 23.2. The van der Waals surface area contributed by atoms with E-state index in [9.17, 15) is 0 Å². The van der Waals surface area contributed by atoms with Crippen LogP contribution in [0.15, 0.2) is 430 Å². The lowest BCUT2D eigenvalue weighted by atomic mass is 9.96. The first-order valence-corrected chi connectivity index (χ1v) is 41.2. The quantitative estimate of drug-likeness (QED) is 0.102. The normalized spacial score (nSPS) is 11.5. The van der Waals surface area contributed by atoms with E-state index in [-0.39, 0.29) is 0 Å². The smallest absolute Gasteiger partial charge is 0.231 e. The number of rotatable bonds is 14. The second-order valence-corrected chi connectivity index (χ2v) is 30.8. The summed E-state index contributed by atoms with van der Waals surface area (Å²) in [7, 11) is 0. The van der Waals surface area contributed by atoms with Crippen LogP contribution in [0.4, 0.5) is 0 Å². The molecule has 580 valence electrons. The van der Waals surface area contributed by atoms with Crippen molar-refractivity contribution in [2.45, 2.75) is 0 Å². The van der Waals surface area contributed by atoms with Gasteiger partial charge in [-0.05, 0) is 115 Å². The van der Waals surface area contributed by atoms with E-state index in [2.05, 4.69) is 291 Å². The number of hydrogen-bond donors (Lipinski definition) is 0. The molecule has 0 spiro atoms. The maximum absolute atomic E-state index is 6.40. The van der Waals surface area contributed by atoms with Gasteiger partial charge in [0.15, 0.2) is 23.3 Å². The molecule has 0 unspecified atom stereocenters. The second kappa shape index (κ2) is 30.8. The van der Waals surface area contributed by atoms with Gasteiger partial charge < -0.3 is 17.7 Å². The van der Waals surface area contributed by atoms with Crippen LogP contribution in [0.2, 0.25) is 0 Å².